The molecule has 26 heavy (non-hydrogen) atoms. The molecule has 1 aromatic carbocycles. The number of benzene rings is 1. The summed E-state index contributed by atoms with van der Waals surface area (Å²) in [5.41, 5.74) is 5.53. The maximum absolute atomic E-state index is 12.7. The molecule has 0 saturated carbocycles. The van der Waals surface area contributed by atoms with Crippen LogP contribution in [0.2, 0.25) is 0 Å². The van der Waals surface area contributed by atoms with Crippen molar-refractivity contribution in [2.24, 2.45) is 5.10 Å². The van der Waals surface area contributed by atoms with E-state index in [4.69, 9.17) is 0 Å². The van der Waals surface area contributed by atoms with Crippen LogP contribution in [0.5, 0.6) is 0 Å². The number of carbonyl (C=O) groups excluding carboxylic acids is 1. The zero-order valence-electron chi connectivity index (χ0n) is 15.0. The van der Waals surface area contributed by atoms with Crippen molar-refractivity contribution in [2.45, 2.75) is 27.3 Å². The summed E-state index contributed by atoms with van der Waals surface area (Å²) in [5.74, 6) is -0.539. The predicted octanol–water partition coefficient (Wildman–Crippen LogP) is 2.80. The summed E-state index contributed by atoms with van der Waals surface area (Å²) in [6.45, 7) is 6.40. The van der Waals surface area contributed by atoms with Crippen LogP contribution in [0.4, 0.5) is 0 Å². The molecule has 0 atom stereocenters. The van der Waals surface area contributed by atoms with Gasteiger partial charge < -0.3 is 4.57 Å². The van der Waals surface area contributed by atoms with E-state index < -0.39 is 5.91 Å². The van der Waals surface area contributed by atoms with E-state index in [2.05, 4.69) is 15.5 Å². The fourth-order valence-corrected chi connectivity index (χ4v) is 2.64. The van der Waals surface area contributed by atoms with Crippen molar-refractivity contribution in [1.29, 1.82) is 0 Å². The Morgan fingerprint density at radius 1 is 1.19 bits per heavy atom. The SMILES string of the molecule is CCn1cc(C(=O)N/N=C/c2ccc(C)cc2)c(=O)c2ccc(C)nc21. The molecule has 0 fully saturated rings. The number of nitrogens with zero attached hydrogens (tertiary/aromatic N) is 3. The molecule has 0 spiro atoms. The van der Waals surface area contributed by atoms with Crippen molar-refractivity contribution >= 4 is 23.2 Å². The van der Waals surface area contributed by atoms with E-state index in [0.29, 0.717) is 17.6 Å². The zero-order valence-corrected chi connectivity index (χ0v) is 15.0. The first kappa shape index (κ1) is 17.5. The lowest BCUT2D eigenvalue weighted by Crippen LogP contribution is -2.27. The molecule has 0 saturated heterocycles. The second-order valence-electron chi connectivity index (χ2n) is 6.09. The average molecular weight is 348 g/mol. The number of hydrazone groups is 1. The number of fused-ring (bicyclic) bond motifs is 1. The highest BCUT2D eigenvalue weighted by molar-refractivity contribution is 5.97. The van der Waals surface area contributed by atoms with Gasteiger partial charge in [0.1, 0.15) is 11.2 Å². The van der Waals surface area contributed by atoms with Gasteiger partial charge in [-0.3, -0.25) is 9.59 Å². The number of rotatable bonds is 4. The average Bonchev–Trinajstić information content (AvgIpc) is 2.63. The number of amides is 1. The number of aromatic nitrogens is 2. The Morgan fingerprint density at radius 3 is 2.62 bits per heavy atom. The normalized spacial score (nSPS) is 11.2. The largest absolute Gasteiger partial charge is 0.332 e. The van der Waals surface area contributed by atoms with Gasteiger partial charge in [-0.25, -0.2) is 10.4 Å². The topological polar surface area (TPSA) is 76.3 Å². The second kappa shape index (κ2) is 7.31. The van der Waals surface area contributed by atoms with Crippen molar-refractivity contribution in [3.63, 3.8) is 0 Å². The van der Waals surface area contributed by atoms with Crippen LogP contribution >= 0.6 is 0 Å². The maximum Gasteiger partial charge on any atom is 0.276 e. The summed E-state index contributed by atoms with van der Waals surface area (Å²) in [7, 11) is 0. The molecule has 0 unspecified atom stereocenters. The predicted molar refractivity (Wildman–Crippen MR) is 103 cm³/mol. The summed E-state index contributed by atoms with van der Waals surface area (Å²) in [4.78, 5) is 29.5. The molecule has 1 N–H and O–H groups in total. The quantitative estimate of drug-likeness (QED) is 0.582. The maximum atomic E-state index is 12.7. The molecule has 132 valence electrons. The summed E-state index contributed by atoms with van der Waals surface area (Å²) >= 11 is 0. The summed E-state index contributed by atoms with van der Waals surface area (Å²) in [5, 5.41) is 4.37. The van der Waals surface area contributed by atoms with Gasteiger partial charge in [0, 0.05) is 18.4 Å². The first-order valence-corrected chi connectivity index (χ1v) is 8.40. The van der Waals surface area contributed by atoms with Crippen LogP contribution in [-0.2, 0) is 6.54 Å². The minimum atomic E-state index is -0.539. The van der Waals surface area contributed by atoms with E-state index in [1.165, 1.54) is 6.20 Å². The Labute approximate surface area is 151 Å². The number of hydrogen-bond acceptors (Lipinski definition) is 4. The number of pyridine rings is 2. The Balaban J connectivity index is 1.90. The minimum Gasteiger partial charge on any atom is -0.332 e. The molecule has 0 bridgehead atoms. The molecule has 0 aliphatic rings. The third-order valence-corrected chi connectivity index (χ3v) is 4.10. The first-order chi connectivity index (χ1) is 12.5. The van der Waals surface area contributed by atoms with Gasteiger partial charge in [-0.05, 0) is 38.5 Å². The number of nitrogens with one attached hydrogen (secondary N) is 1. The Morgan fingerprint density at radius 2 is 1.92 bits per heavy atom. The van der Waals surface area contributed by atoms with E-state index in [9.17, 15) is 9.59 Å². The molecule has 2 aromatic heterocycles. The lowest BCUT2D eigenvalue weighted by atomic mass is 10.1. The highest BCUT2D eigenvalue weighted by atomic mass is 16.2. The molecule has 6 nitrogen and oxygen atoms in total. The van der Waals surface area contributed by atoms with Crippen LogP contribution in [0.15, 0.2) is 52.5 Å². The van der Waals surface area contributed by atoms with Gasteiger partial charge in [0.05, 0.1) is 11.6 Å². The lowest BCUT2D eigenvalue weighted by Gasteiger charge is -2.10. The Bertz CT molecular complexity index is 1050. The van der Waals surface area contributed by atoms with E-state index in [1.54, 1.807) is 22.9 Å². The smallest absolute Gasteiger partial charge is 0.276 e. The number of aryl methyl sites for hydroxylation is 3. The highest BCUT2D eigenvalue weighted by Crippen LogP contribution is 2.11. The highest BCUT2D eigenvalue weighted by Gasteiger charge is 2.15. The molecular formula is C20H20N4O2. The molecular weight excluding hydrogens is 328 g/mol. The van der Waals surface area contributed by atoms with E-state index >= 15 is 0 Å². The second-order valence-corrected chi connectivity index (χ2v) is 6.09. The first-order valence-electron chi connectivity index (χ1n) is 8.40. The van der Waals surface area contributed by atoms with Crippen LogP contribution < -0.4 is 10.9 Å². The summed E-state index contributed by atoms with van der Waals surface area (Å²) in [6, 6.07) is 11.2. The van der Waals surface area contributed by atoms with Crippen LogP contribution in [-0.4, -0.2) is 21.7 Å². The van der Waals surface area contributed by atoms with Crippen LogP contribution in [0, 0.1) is 13.8 Å². The van der Waals surface area contributed by atoms with Crippen molar-refractivity contribution in [1.82, 2.24) is 15.0 Å². The zero-order chi connectivity index (χ0) is 18.7. The van der Waals surface area contributed by atoms with Crippen molar-refractivity contribution in [2.75, 3.05) is 0 Å². The summed E-state index contributed by atoms with van der Waals surface area (Å²) < 4.78 is 1.79. The summed E-state index contributed by atoms with van der Waals surface area (Å²) in [6.07, 6.45) is 3.08. The minimum absolute atomic E-state index is 0.0473. The van der Waals surface area contributed by atoms with Crippen molar-refractivity contribution in [3.05, 3.63) is 75.2 Å². The third kappa shape index (κ3) is 3.54. The third-order valence-electron chi connectivity index (χ3n) is 4.10. The molecule has 3 rings (SSSR count). The molecule has 6 heteroatoms. The Kier molecular flexibility index (Phi) is 4.93. The van der Waals surface area contributed by atoms with Crippen LogP contribution in [0.25, 0.3) is 11.0 Å². The van der Waals surface area contributed by atoms with Gasteiger partial charge in [-0.15, -0.1) is 0 Å². The van der Waals surface area contributed by atoms with Crippen LogP contribution in [0.1, 0.15) is 34.1 Å². The molecule has 0 aliphatic carbocycles. The van der Waals surface area contributed by atoms with E-state index in [1.807, 2.05) is 45.0 Å². The lowest BCUT2D eigenvalue weighted by molar-refractivity contribution is 0.0953. The molecule has 0 aliphatic heterocycles. The van der Waals surface area contributed by atoms with Gasteiger partial charge in [0.15, 0.2) is 0 Å². The van der Waals surface area contributed by atoms with Crippen LogP contribution in [0.3, 0.4) is 0 Å². The van der Waals surface area contributed by atoms with Crippen molar-refractivity contribution < 1.29 is 4.79 Å². The fourth-order valence-electron chi connectivity index (χ4n) is 2.64. The fraction of sp³-hybridized carbons (Fsp3) is 0.200. The van der Waals surface area contributed by atoms with Gasteiger partial charge in [0.2, 0.25) is 5.43 Å². The van der Waals surface area contributed by atoms with E-state index in [0.717, 1.165) is 16.8 Å². The van der Waals surface area contributed by atoms with Gasteiger partial charge in [-0.2, -0.15) is 5.10 Å². The van der Waals surface area contributed by atoms with E-state index in [-0.39, 0.29) is 11.0 Å². The van der Waals surface area contributed by atoms with Gasteiger partial charge in [-0.1, -0.05) is 29.8 Å². The Hall–Kier alpha value is -3.28. The van der Waals surface area contributed by atoms with Gasteiger partial charge in [0.25, 0.3) is 5.91 Å². The van der Waals surface area contributed by atoms with Crippen molar-refractivity contribution in [3.8, 4) is 0 Å². The number of hydrogen-bond donors (Lipinski definition) is 1. The number of carbonyl (C=O) groups is 1. The molecule has 2 heterocycles. The molecule has 3 aromatic rings. The monoisotopic (exact) mass is 348 g/mol. The van der Waals surface area contributed by atoms with Gasteiger partial charge >= 0.3 is 0 Å². The molecule has 0 radical (unpaired) electrons. The molecule has 1 amide bonds. The standard InChI is InChI=1S/C20H20N4O2/c1-4-24-12-17(18(25)16-10-7-14(3)22-19(16)24)20(26)23-21-11-15-8-5-13(2)6-9-15/h5-12H,4H2,1-3H3,(H,23,26)/b21-11+.